The second-order valence-corrected chi connectivity index (χ2v) is 5.50. The lowest BCUT2D eigenvalue weighted by Gasteiger charge is -2.04. The van der Waals surface area contributed by atoms with Crippen LogP contribution in [0.1, 0.15) is 16.2 Å². The molecular formula is C11H11N3O2S2. The summed E-state index contributed by atoms with van der Waals surface area (Å²) in [5.74, 6) is 0.421. The molecule has 0 aliphatic carbocycles. The summed E-state index contributed by atoms with van der Waals surface area (Å²) in [6, 6.07) is 7.28. The number of nitrogens with zero attached hydrogens (tertiary/aromatic N) is 2. The molecule has 0 bridgehead atoms. The van der Waals surface area contributed by atoms with Gasteiger partial charge in [0.1, 0.15) is 5.82 Å². The van der Waals surface area contributed by atoms with E-state index in [1.165, 1.54) is 28.7 Å². The third kappa shape index (κ3) is 3.05. The highest BCUT2D eigenvalue weighted by Crippen LogP contribution is 2.37. The summed E-state index contributed by atoms with van der Waals surface area (Å²) in [6.07, 6.45) is 0. The van der Waals surface area contributed by atoms with Gasteiger partial charge in [-0.1, -0.05) is 12.1 Å². The Bertz CT molecular complexity index is 557. The molecule has 94 valence electrons. The fraction of sp³-hybridized carbons (Fsp3) is 0.182. The van der Waals surface area contributed by atoms with E-state index in [0.717, 1.165) is 10.7 Å². The van der Waals surface area contributed by atoms with E-state index >= 15 is 0 Å². The molecule has 0 aliphatic heterocycles. The number of H-pyrrole nitrogens is 1. The van der Waals surface area contributed by atoms with Gasteiger partial charge in [-0.15, -0.1) is 5.10 Å². The van der Waals surface area contributed by atoms with E-state index in [1.807, 2.05) is 19.1 Å². The van der Waals surface area contributed by atoms with E-state index in [0.29, 0.717) is 10.7 Å². The van der Waals surface area contributed by atoms with Crippen molar-refractivity contribution in [3.05, 3.63) is 35.7 Å². The number of ether oxygens (including phenoxy) is 1. The Labute approximate surface area is 112 Å². The topological polar surface area (TPSA) is 67.9 Å². The number of aryl methyl sites for hydroxylation is 1. The molecule has 2 rings (SSSR count). The predicted molar refractivity (Wildman–Crippen MR) is 70.6 cm³/mol. The molecule has 2 aromatic rings. The van der Waals surface area contributed by atoms with Gasteiger partial charge in [-0.05, 0) is 40.6 Å². The summed E-state index contributed by atoms with van der Waals surface area (Å²) in [6.45, 7) is 1.84. The van der Waals surface area contributed by atoms with Crippen LogP contribution in [-0.4, -0.2) is 28.3 Å². The number of carbonyl (C=O) groups excluding carboxylic acids is 1. The molecule has 0 saturated heterocycles. The molecule has 18 heavy (non-hydrogen) atoms. The summed E-state index contributed by atoms with van der Waals surface area (Å²) >= 11 is 0. The van der Waals surface area contributed by atoms with Crippen molar-refractivity contribution in [1.29, 1.82) is 0 Å². The summed E-state index contributed by atoms with van der Waals surface area (Å²) in [7, 11) is 4.19. The van der Waals surface area contributed by atoms with Gasteiger partial charge in [-0.3, -0.25) is 5.10 Å². The maximum absolute atomic E-state index is 11.6. The monoisotopic (exact) mass is 281 g/mol. The van der Waals surface area contributed by atoms with Crippen LogP contribution < -0.4 is 0 Å². The minimum absolute atomic E-state index is 0.343. The summed E-state index contributed by atoms with van der Waals surface area (Å²) in [5, 5.41) is 7.42. The molecule has 0 fully saturated rings. The first-order valence-corrected chi connectivity index (χ1v) is 7.26. The van der Waals surface area contributed by atoms with Crippen LogP contribution >= 0.6 is 21.6 Å². The number of hydrogen-bond acceptors (Lipinski definition) is 6. The highest BCUT2D eigenvalue weighted by atomic mass is 33.1. The van der Waals surface area contributed by atoms with E-state index in [-0.39, 0.29) is 5.97 Å². The number of rotatable bonds is 4. The lowest BCUT2D eigenvalue weighted by atomic mass is 10.2. The molecule has 5 nitrogen and oxygen atoms in total. The average Bonchev–Trinajstić information content (AvgIpc) is 2.81. The Morgan fingerprint density at radius 1 is 1.33 bits per heavy atom. The molecule has 1 heterocycles. The van der Waals surface area contributed by atoms with Gasteiger partial charge in [0, 0.05) is 4.90 Å². The third-order valence-electron chi connectivity index (χ3n) is 2.08. The zero-order valence-electron chi connectivity index (χ0n) is 9.84. The summed E-state index contributed by atoms with van der Waals surface area (Å²) in [4.78, 5) is 16.6. The normalized spacial score (nSPS) is 10.3. The van der Waals surface area contributed by atoms with Crippen LogP contribution in [0.5, 0.6) is 0 Å². The first-order chi connectivity index (χ1) is 8.70. The molecule has 0 aliphatic rings. The van der Waals surface area contributed by atoms with Crippen LogP contribution in [0.4, 0.5) is 0 Å². The Morgan fingerprint density at radius 3 is 2.78 bits per heavy atom. The fourth-order valence-electron chi connectivity index (χ4n) is 1.26. The lowest BCUT2D eigenvalue weighted by Crippen LogP contribution is -2.02. The van der Waals surface area contributed by atoms with Crippen molar-refractivity contribution >= 4 is 27.6 Å². The third-order valence-corrected chi connectivity index (χ3v) is 4.26. The quantitative estimate of drug-likeness (QED) is 0.686. The zero-order valence-corrected chi connectivity index (χ0v) is 11.5. The van der Waals surface area contributed by atoms with Gasteiger partial charge in [-0.2, -0.15) is 0 Å². The molecular weight excluding hydrogens is 270 g/mol. The number of aromatic nitrogens is 3. The molecule has 7 heteroatoms. The second-order valence-electron chi connectivity index (χ2n) is 3.36. The van der Waals surface area contributed by atoms with Gasteiger partial charge >= 0.3 is 5.97 Å². The van der Waals surface area contributed by atoms with Crippen molar-refractivity contribution in [3.63, 3.8) is 0 Å². The molecule has 1 N–H and O–H groups in total. The largest absolute Gasteiger partial charge is 0.465 e. The van der Waals surface area contributed by atoms with E-state index in [2.05, 4.69) is 15.2 Å². The molecule has 1 aromatic carbocycles. The number of esters is 1. The number of nitrogens with one attached hydrogen (secondary N) is 1. The van der Waals surface area contributed by atoms with Crippen LogP contribution in [0.3, 0.4) is 0 Å². The highest BCUT2D eigenvalue weighted by Gasteiger charge is 2.12. The maximum atomic E-state index is 11.6. The molecule has 1 aromatic heterocycles. The Hall–Kier alpha value is -1.47. The first-order valence-electron chi connectivity index (χ1n) is 5.11. The number of hydrogen-bond donors (Lipinski definition) is 1. The molecule has 0 radical (unpaired) electrons. The number of carbonyl (C=O) groups is 1. The van der Waals surface area contributed by atoms with E-state index in [4.69, 9.17) is 4.74 Å². The van der Waals surface area contributed by atoms with Crippen LogP contribution in [0.2, 0.25) is 0 Å². The fourth-order valence-corrected chi connectivity index (χ4v) is 3.21. The Kier molecular flexibility index (Phi) is 4.27. The first kappa shape index (κ1) is 13.0. The van der Waals surface area contributed by atoms with Crippen molar-refractivity contribution in [2.75, 3.05) is 7.11 Å². The van der Waals surface area contributed by atoms with Crippen molar-refractivity contribution in [2.24, 2.45) is 0 Å². The average molecular weight is 281 g/mol. The van der Waals surface area contributed by atoms with Crippen LogP contribution in [0.15, 0.2) is 34.3 Å². The molecule has 0 spiro atoms. The maximum Gasteiger partial charge on any atom is 0.339 e. The van der Waals surface area contributed by atoms with Gasteiger partial charge in [-0.25, -0.2) is 9.78 Å². The number of methoxy groups -OCH3 is 1. The van der Waals surface area contributed by atoms with Crippen LogP contribution in [0, 0.1) is 6.92 Å². The lowest BCUT2D eigenvalue weighted by molar-refractivity contribution is 0.0597. The van der Waals surface area contributed by atoms with Crippen LogP contribution in [0.25, 0.3) is 0 Å². The number of benzene rings is 1. The SMILES string of the molecule is COC(=O)c1ccccc1SSc1n[nH]c(C)n1. The van der Waals surface area contributed by atoms with E-state index < -0.39 is 0 Å². The smallest absolute Gasteiger partial charge is 0.339 e. The molecule has 0 amide bonds. The van der Waals surface area contributed by atoms with Gasteiger partial charge in [0.05, 0.1) is 12.7 Å². The van der Waals surface area contributed by atoms with Crippen LogP contribution in [-0.2, 0) is 4.74 Å². The van der Waals surface area contributed by atoms with E-state index in [1.54, 1.807) is 12.1 Å². The van der Waals surface area contributed by atoms with E-state index in [9.17, 15) is 4.79 Å². The predicted octanol–water partition coefficient (Wildman–Crippen LogP) is 2.70. The second kappa shape index (κ2) is 5.92. The molecule has 0 atom stereocenters. The standard InChI is InChI=1S/C11H11N3O2S2/c1-7-12-11(14-13-7)18-17-9-6-4-3-5-8(9)10(15)16-2/h3-6H,1-2H3,(H,12,13,14). The Balaban J connectivity index is 2.11. The van der Waals surface area contributed by atoms with Gasteiger partial charge in [0.15, 0.2) is 0 Å². The molecule has 0 saturated carbocycles. The van der Waals surface area contributed by atoms with Crippen molar-refractivity contribution < 1.29 is 9.53 Å². The minimum Gasteiger partial charge on any atom is -0.465 e. The minimum atomic E-state index is -0.343. The van der Waals surface area contributed by atoms with Crippen molar-refractivity contribution in [1.82, 2.24) is 15.2 Å². The summed E-state index contributed by atoms with van der Waals surface area (Å²) < 4.78 is 4.73. The van der Waals surface area contributed by atoms with Gasteiger partial charge in [0.2, 0.25) is 5.16 Å². The molecule has 0 unspecified atom stereocenters. The zero-order chi connectivity index (χ0) is 13.0. The Morgan fingerprint density at radius 2 is 2.11 bits per heavy atom. The van der Waals surface area contributed by atoms with Gasteiger partial charge in [0.25, 0.3) is 0 Å². The van der Waals surface area contributed by atoms with Crippen molar-refractivity contribution in [2.45, 2.75) is 17.0 Å². The highest BCUT2D eigenvalue weighted by molar-refractivity contribution is 8.76. The van der Waals surface area contributed by atoms with Gasteiger partial charge < -0.3 is 4.74 Å². The number of aromatic amines is 1. The summed E-state index contributed by atoms with van der Waals surface area (Å²) in [5.41, 5.74) is 0.546. The van der Waals surface area contributed by atoms with Crippen molar-refractivity contribution in [3.8, 4) is 0 Å².